The Hall–Kier alpha value is -4.93. The molecule has 1 N–H and O–H groups in total. The fraction of sp³-hybridized carbons (Fsp3) is 0.214. The van der Waals surface area contributed by atoms with Crippen molar-refractivity contribution in [1.82, 2.24) is 30.0 Å². The van der Waals surface area contributed by atoms with Gasteiger partial charge in [0, 0.05) is 18.0 Å². The van der Waals surface area contributed by atoms with E-state index in [2.05, 4.69) is 25.5 Å². The highest BCUT2D eigenvalue weighted by atomic mass is 19.1. The van der Waals surface area contributed by atoms with Gasteiger partial charge in [0.05, 0.1) is 30.3 Å². The molecule has 6 rings (SSSR count). The van der Waals surface area contributed by atoms with Crippen molar-refractivity contribution in [2.75, 3.05) is 6.61 Å². The van der Waals surface area contributed by atoms with Gasteiger partial charge in [0.1, 0.15) is 28.6 Å². The Morgan fingerprint density at radius 2 is 1.97 bits per heavy atom. The Bertz CT molecular complexity index is 1670. The molecule has 196 valence electrons. The smallest absolute Gasteiger partial charge is 0.253 e. The average molecular weight is 526 g/mol. The number of ether oxygens (including phenoxy) is 1. The third-order valence-corrected chi connectivity index (χ3v) is 6.80. The summed E-state index contributed by atoms with van der Waals surface area (Å²) in [5, 5.41) is 23.9. The largest absolute Gasteiger partial charge is 0.618 e. The summed E-state index contributed by atoms with van der Waals surface area (Å²) in [5.74, 6) is 0.858. The lowest BCUT2D eigenvalue weighted by molar-refractivity contribution is -0.577. The first-order chi connectivity index (χ1) is 19.0. The molecular weight excluding hydrogens is 501 g/mol. The maximum atomic E-state index is 15.0. The number of amides is 1. The Morgan fingerprint density at radius 3 is 2.74 bits per heavy atom. The van der Waals surface area contributed by atoms with Crippen LogP contribution in [0.2, 0.25) is 0 Å². The van der Waals surface area contributed by atoms with E-state index in [0.717, 1.165) is 0 Å². The van der Waals surface area contributed by atoms with Gasteiger partial charge >= 0.3 is 0 Å². The minimum atomic E-state index is -0.408. The third kappa shape index (κ3) is 4.52. The number of rotatable bonds is 7. The van der Waals surface area contributed by atoms with Gasteiger partial charge in [-0.1, -0.05) is 18.2 Å². The zero-order valence-corrected chi connectivity index (χ0v) is 21.0. The summed E-state index contributed by atoms with van der Waals surface area (Å²) < 4.78 is 22.8. The summed E-state index contributed by atoms with van der Waals surface area (Å²) in [4.78, 5) is 21.7. The van der Waals surface area contributed by atoms with Crippen LogP contribution in [0.5, 0.6) is 5.75 Å². The van der Waals surface area contributed by atoms with Crippen LogP contribution in [0.15, 0.2) is 73.2 Å². The molecule has 39 heavy (non-hydrogen) atoms. The van der Waals surface area contributed by atoms with E-state index in [9.17, 15) is 14.4 Å². The van der Waals surface area contributed by atoms with Gasteiger partial charge < -0.3 is 15.3 Å². The quantitative estimate of drug-likeness (QED) is 0.254. The molecule has 11 heteroatoms. The summed E-state index contributed by atoms with van der Waals surface area (Å²) in [6.07, 6.45) is 5.45. The summed E-state index contributed by atoms with van der Waals surface area (Å²) in [6.45, 7) is 2.41. The summed E-state index contributed by atoms with van der Waals surface area (Å²) >= 11 is 0. The standard InChI is InChI=1S/C28H24FN7O3/c1-2-39-19-10-11-22(31-16-19)27-34-33-26(36(27)23-8-4-3-7-21(23)29)17-14-18(15-17)32-28(37)20-6-5-9-24-25(20)30-12-13-35(24)38/h3-13,16-18H,2,14-15H2,1H3,(H,32,37)/t17-,18-. The normalized spacial score (nSPS) is 16.6. The minimum Gasteiger partial charge on any atom is -0.618 e. The molecule has 1 saturated carbocycles. The van der Waals surface area contributed by atoms with Gasteiger partial charge in [-0.15, -0.1) is 10.2 Å². The molecule has 5 aromatic rings. The van der Waals surface area contributed by atoms with Gasteiger partial charge in [-0.05, 0) is 50.1 Å². The zero-order valence-electron chi connectivity index (χ0n) is 21.0. The lowest BCUT2D eigenvalue weighted by Gasteiger charge is -2.35. The Morgan fingerprint density at radius 1 is 1.13 bits per heavy atom. The summed E-state index contributed by atoms with van der Waals surface area (Å²) in [5.41, 5.74) is 1.85. The molecule has 0 radical (unpaired) electrons. The minimum absolute atomic E-state index is 0.0618. The molecule has 3 aromatic heterocycles. The molecule has 2 aromatic carbocycles. The van der Waals surface area contributed by atoms with E-state index in [-0.39, 0.29) is 17.9 Å². The van der Waals surface area contributed by atoms with Crippen LogP contribution in [0, 0.1) is 11.0 Å². The van der Waals surface area contributed by atoms with E-state index in [1.807, 2.05) is 6.92 Å². The first-order valence-electron chi connectivity index (χ1n) is 12.6. The van der Waals surface area contributed by atoms with Crippen LogP contribution >= 0.6 is 0 Å². The molecule has 3 heterocycles. The number of hydrogen-bond acceptors (Lipinski definition) is 7. The molecule has 1 amide bonds. The monoisotopic (exact) mass is 525 g/mol. The van der Waals surface area contributed by atoms with E-state index in [4.69, 9.17) is 4.74 Å². The Labute approximate surface area is 222 Å². The molecular formula is C28H24FN7O3. The van der Waals surface area contributed by atoms with Crippen molar-refractivity contribution in [3.8, 4) is 23.0 Å². The summed E-state index contributed by atoms with van der Waals surface area (Å²) in [7, 11) is 0. The van der Waals surface area contributed by atoms with Crippen molar-refractivity contribution in [1.29, 1.82) is 0 Å². The highest BCUT2D eigenvalue weighted by Gasteiger charge is 2.37. The second kappa shape index (κ2) is 10.1. The molecule has 10 nitrogen and oxygen atoms in total. The maximum Gasteiger partial charge on any atom is 0.253 e. The molecule has 0 spiro atoms. The second-order valence-electron chi connectivity index (χ2n) is 9.25. The van der Waals surface area contributed by atoms with E-state index in [1.54, 1.807) is 59.3 Å². The molecule has 0 unspecified atom stereocenters. The van der Waals surface area contributed by atoms with Crippen LogP contribution in [-0.4, -0.2) is 43.3 Å². The predicted molar refractivity (Wildman–Crippen MR) is 140 cm³/mol. The number of carbonyl (C=O) groups excluding carboxylic acids is 1. The Balaban J connectivity index is 1.25. The molecule has 0 saturated heterocycles. The molecule has 0 atom stereocenters. The van der Waals surface area contributed by atoms with Crippen molar-refractivity contribution in [2.24, 2.45) is 0 Å². The molecule has 1 fully saturated rings. The first-order valence-corrected chi connectivity index (χ1v) is 12.6. The van der Waals surface area contributed by atoms with Gasteiger partial charge in [0.25, 0.3) is 5.91 Å². The fourth-order valence-electron chi connectivity index (χ4n) is 4.85. The zero-order chi connectivity index (χ0) is 26.9. The molecule has 1 aliphatic rings. The number of pyridine rings is 1. The lowest BCUT2D eigenvalue weighted by atomic mass is 9.79. The van der Waals surface area contributed by atoms with Crippen molar-refractivity contribution in [3.63, 3.8) is 0 Å². The lowest BCUT2D eigenvalue weighted by Crippen LogP contribution is -2.44. The SMILES string of the molecule is CCOc1ccc(-c2nnc([C@H]3C[C@H](NC(=O)c4cccc5c4ncc[n+]5[O-])C3)n2-c2ccccc2F)nc1. The number of carbonyl (C=O) groups is 1. The van der Waals surface area contributed by atoms with Gasteiger partial charge in [-0.3, -0.25) is 9.36 Å². The second-order valence-corrected chi connectivity index (χ2v) is 9.25. The van der Waals surface area contributed by atoms with Gasteiger partial charge in [0.15, 0.2) is 12.0 Å². The van der Waals surface area contributed by atoms with E-state index in [0.29, 0.717) is 69.6 Å². The van der Waals surface area contributed by atoms with Gasteiger partial charge in [0.2, 0.25) is 5.52 Å². The highest BCUT2D eigenvalue weighted by molar-refractivity contribution is 6.04. The van der Waals surface area contributed by atoms with Crippen LogP contribution in [0.4, 0.5) is 4.39 Å². The number of nitrogens with one attached hydrogen (secondary N) is 1. The maximum absolute atomic E-state index is 15.0. The van der Waals surface area contributed by atoms with Gasteiger partial charge in [-0.25, -0.2) is 14.4 Å². The third-order valence-electron chi connectivity index (χ3n) is 6.80. The molecule has 0 aliphatic heterocycles. The first kappa shape index (κ1) is 24.4. The molecule has 0 bridgehead atoms. The van der Waals surface area contributed by atoms with E-state index in [1.165, 1.54) is 18.5 Å². The van der Waals surface area contributed by atoms with Crippen molar-refractivity contribution in [2.45, 2.75) is 31.7 Å². The van der Waals surface area contributed by atoms with Crippen molar-refractivity contribution < 1.29 is 18.7 Å². The van der Waals surface area contributed by atoms with Crippen molar-refractivity contribution in [3.05, 3.63) is 95.6 Å². The number of para-hydroxylation sites is 2. The number of halogens is 1. The summed E-state index contributed by atoms with van der Waals surface area (Å²) in [6, 6.07) is 14.8. The topological polar surface area (TPSA) is 122 Å². The number of benzene rings is 2. The van der Waals surface area contributed by atoms with Crippen LogP contribution in [0.1, 0.15) is 41.9 Å². The van der Waals surface area contributed by atoms with E-state index >= 15 is 0 Å². The molecule has 1 aliphatic carbocycles. The number of aromatic nitrogens is 6. The number of fused-ring (bicyclic) bond motifs is 1. The van der Waals surface area contributed by atoms with Crippen LogP contribution in [0.25, 0.3) is 28.2 Å². The van der Waals surface area contributed by atoms with Crippen LogP contribution in [0.3, 0.4) is 0 Å². The van der Waals surface area contributed by atoms with E-state index < -0.39 is 5.82 Å². The van der Waals surface area contributed by atoms with Crippen molar-refractivity contribution >= 4 is 16.9 Å². The van der Waals surface area contributed by atoms with Gasteiger partial charge in [-0.2, -0.15) is 4.73 Å². The predicted octanol–water partition coefficient (Wildman–Crippen LogP) is 3.72. The number of nitrogens with zero attached hydrogens (tertiary/aromatic N) is 6. The average Bonchev–Trinajstić information content (AvgIpc) is 3.35. The highest BCUT2D eigenvalue weighted by Crippen LogP contribution is 2.39. The number of hydrogen-bond donors (Lipinski definition) is 1. The van der Waals surface area contributed by atoms with Crippen LogP contribution < -0.4 is 14.8 Å². The Kier molecular flexibility index (Phi) is 6.31. The van der Waals surface area contributed by atoms with Crippen LogP contribution in [-0.2, 0) is 0 Å². The fourth-order valence-corrected chi connectivity index (χ4v) is 4.85.